The van der Waals surface area contributed by atoms with Crippen LogP contribution in [0, 0.1) is 0 Å². The second-order valence-corrected chi connectivity index (χ2v) is 3.83. The molecule has 0 fully saturated rings. The highest BCUT2D eigenvalue weighted by Crippen LogP contribution is 2.16. The van der Waals surface area contributed by atoms with Crippen LogP contribution in [0.1, 0.15) is 30.6 Å². The second-order valence-electron chi connectivity index (χ2n) is 3.83. The lowest BCUT2D eigenvalue weighted by Gasteiger charge is -2.16. The summed E-state index contributed by atoms with van der Waals surface area (Å²) in [4.78, 5) is 7.10. The zero-order valence-electron chi connectivity index (χ0n) is 9.48. The van der Waals surface area contributed by atoms with Crippen LogP contribution in [0.3, 0.4) is 0 Å². The fourth-order valence-corrected chi connectivity index (χ4v) is 1.80. The van der Waals surface area contributed by atoms with Gasteiger partial charge >= 0.3 is 0 Å². The third kappa shape index (κ3) is 2.70. The van der Waals surface area contributed by atoms with Crippen LogP contribution in [-0.2, 0) is 6.54 Å². The Labute approximate surface area is 95.9 Å². The van der Waals surface area contributed by atoms with Crippen LogP contribution < -0.4 is 5.32 Å². The van der Waals surface area contributed by atoms with Gasteiger partial charge in [0.15, 0.2) is 0 Å². The number of nitrogens with one attached hydrogen (secondary N) is 2. The van der Waals surface area contributed by atoms with E-state index < -0.39 is 0 Å². The molecule has 0 spiro atoms. The van der Waals surface area contributed by atoms with Gasteiger partial charge in [0, 0.05) is 24.5 Å². The number of hydrogen-bond donors (Lipinski definition) is 2. The summed E-state index contributed by atoms with van der Waals surface area (Å²) in [5, 5.41) is 3.52. The largest absolute Gasteiger partial charge is 0.347 e. The van der Waals surface area contributed by atoms with E-state index in [0.717, 1.165) is 18.7 Å². The number of hydrogen-bond acceptors (Lipinski definition) is 2. The maximum atomic E-state index is 4.00. The van der Waals surface area contributed by atoms with Crippen LogP contribution in [0.2, 0.25) is 0 Å². The molecule has 2 aromatic rings. The fraction of sp³-hybridized carbons (Fsp3) is 0.308. The summed E-state index contributed by atoms with van der Waals surface area (Å²) in [5.74, 6) is 0. The predicted octanol–water partition coefficient (Wildman–Crippen LogP) is 2.65. The van der Waals surface area contributed by atoms with Crippen LogP contribution in [0.4, 0.5) is 0 Å². The van der Waals surface area contributed by atoms with Crippen molar-refractivity contribution in [3.63, 3.8) is 0 Å². The van der Waals surface area contributed by atoms with Gasteiger partial charge in [0.05, 0.1) is 6.33 Å². The van der Waals surface area contributed by atoms with Crippen molar-refractivity contribution in [2.75, 3.05) is 0 Å². The maximum absolute atomic E-state index is 4.00. The molecule has 0 saturated carbocycles. The van der Waals surface area contributed by atoms with E-state index >= 15 is 0 Å². The minimum atomic E-state index is 0.407. The van der Waals surface area contributed by atoms with E-state index in [4.69, 9.17) is 0 Å². The molecule has 0 aliphatic heterocycles. The van der Waals surface area contributed by atoms with Crippen LogP contribution in [0.25, 0.3) is 0 Å². The van der Waals surface area contributed by atoms with Gasteiger partial charge in [-0.15, -0.1) is 0 Å². The number of aromatic nitrogens is 2. The molecule has 3 nitrogen and oxygen atoms in total. The maximum Gasteiger partial charge on any atom is 0.0922 e. The summed E-state index contributed by atoms with van der Waals surface area (Å²) in [7, 11) is 0. The summed E-state index contributed by atoms with van der Waals surface area (Å²) in [6.45, 7) is 3.02. The lowest BCUT2D eigenvalue weighted by Crippen LogP contribution is -2.20. The van der Waals surface area contributed by atoms with Gasteiger partial charge in [-0.3, -0.25) is 0 Å². The van der Waals surface area contributed by atoms with Gasteiger partial charge in [-0.1, -0.05) is 37.3 Å². The molecule has 1 heterocycles. The van der Waals surface area contributed by atoms with Crippen molar-refractivity contribution in [1.82, 2.24) is 15.3 Å². The molecule has 1 aromatic heterocycles. The molecule has 1 aromatic carbocycles. The normalized spacial score (nSPS) is 12.6. The van der Waals surface area contributed by atoms with Crippen LogP contribution in [-0.4, -0.2) is 9.97 Å². The number of aromatic amines is 1. The van der Waals surface area contributed by atoms with Crippen LogP contribution >= 0.6 is 0 Å². The molecule has 1 unspecified atom stereocenters. The Morgan fingerprint density at radius 2 is 2.12 bits per heavy atom. The smallest absolute Gasteiger partial charge is 0.0922 e. The number of benzene rings is 1. The van der Waals surface area contributed by atoms with Crippen molar-refractivity contribution in [2.24, 2.45) is 0 Å². The Morgan fingerprint density at radius 1 is 1.31 bits per heavy atom. The van der Waals surface area contributed by atoms with Gasteiger partial charge in [0.1, 0.15) is 0 Å². The monoisotopic (exact) mass is 215 g/mol. The number of nitrogens with zero attached hydrogens (tertiary/aromatic N) is 1. The first kappa shape index (κ1) is 10.9. The molecule has 0 bridgehead atoms. The number of imidazole rings is 1. The Morgan fingerprint density at radius 3 is 2.75 bits per heavy atom. The van der Waals surface area contributed by atoms with E-state index in [1.165, 1.54) is 5.56 Å². The SMILES string of the molecule is CCC(NCc1cnc[nH]1)c1ccccc1. The van der Waals surface area contributed by atoms with Gasteiger partial charge in [0.2, 0.25) is 0 Å². The molecule has 16 heavy (non-hydrogen) atoms. The van der Waals surface area contributed by atoms with Gasteiger partial charge in [-0.05, 0) is 12.0 Å². The molecular weight excluding hydrogens is 198 g/mol. The van der Waals surface area contributed by atoms with Crippen molar-refractivity contribution in [3.8, 4) is 0 Å². The van der Waals surface area contributed by atoms with Crippen LogP contribution in [0.15, 0.2) is 42.9 Å². The lowest BCUT2D eigenvalue weighted by atomic mass is 10.0. The topological polar surface area (TPSA) is 40.7 Å². The molecule has 0 aliphatic carbocycles. The average Bonchev–Trinajstić information content (AvgIpc) is 2.84. The molecule has 0 amide bonds. The predicted molar refractivity (Wildman–Crippen MR) is 64.9 cm³/mol. The van der Waals surface area contributed by atoms with Gasteiger partial charge in [0.25, 0.3) is 0 Å². The molecule has 3 heteroatoms. The van der Waals surface area contributed by atoms with Crippen LogP contribution in [0.5, 0.6) is 0 Å². The molecule has 0 saturated heterocycles. The fourth-order valence-electron chi connectivity index (χ4n) is 1.80. The molecule has 84 valence electrons. The first-order chi connectivity index (χ1) is 7.90. The van der Waals surface area contributed by atoms with Gasteiger partial charge in [-0.25, -0.2) is 4.98 Å². The van der Waals surface area contributed by atoms with Gasteiger partial charge in [-0.2, -0.15) is 0 Å². The molecule has 0 aliphatic rings. The second kappa shape index (κ2) is 5.47. The standard InChI is InChI=1S/C13H17N3/c1-2-13(11-6-4-3-5-7-11)15-9-12-8-14-10-16-12/h3-8,10,13,15H,2,9H2,1H3,(H,14,16). The summed E-state index contributed by atoms with van der Waals surface area (Å²) >= 11 is 0. The third-order valence-corrected chi connectivity index (χ3v) is 2.70. The first-order valence-electron chi connectivity index (χ1n) is 5.65. The Kier molecular flexibility index (Phi) is 3.72. The Bertz CT molecular complexity index is 394. The van der Waals surface area contributed by atoms with Crippen molar-refractivity contribution >= 4 is 0 Å². The van der Waals surface area contributed by atoms with E-state index in [2.05, 4.69) is 46.5 Å². The van der Waals surface area contributed by atoms with E-state index in [1.807, 2.05) is 12.3 Å². The molecule has 0 radical (unpaired) electrons. The van der Waals surface area contributed by atoms with E-state index in [1.54, 1.807) is 6.33 Å². The summed E-state index contributed by atoms with van der Waals surface area (Å²) in [6.07, 6.45) is 4.64. The minimum absolute atomic E-state index is 0.407. The molecule has 2 rings (SSSR count). The quantitative estimate of drug-likeness (QED) is 0.805. The molecule has 2 N–H and O–H groups in total. The first-order valence-corrected chi connectivity index (χ1v) is 5.65. The summed E-state index contributed by atoms with van der Waals surface area (Å²) in [6, 6.07) is 10.9. The zero-order chi connectivity index (χ0) is 11.2. The minimum Gasteiger partial charge on any atom is -0.347 e. The number of rotatable bonds is 5. The van der Waals surface area contributed by atoms with Crippen molar-refractivity contribution in [1.29, 1.82) is 0 Å². The van der Waals surface area contributed by atoms with E-state index in [9.17, 15) is 0 Å². The van der Waals surface area contributed by atoms with E-state index in [0.29, 0.717) is 6.04 Å². The number of H-pyrrole nitrogens is 1. The summed E-state index contributed by atoms with van der Waals surface area (Å²) in [5.41, 5.74) is 2.46. The highest BCUT2D eigenvalue weighted by atomic mass is 15.0. The third-order valence-electron chi connectivity index (χ3n) is 2.70. The van der Waals surface area contributed by atoms with Crippen molar-refractivity contribution in [2.45, 2.75) is 25.9 Å². The highest BCUT2D eigenvalue weighted by Gasteiger charge is 2.07. The van der Waals surface area contributed by atoms with Gasteiger partial charge < -0.3 is 10.3 Å². The Hall–Kier alpha value is -1.61. The van der Waals surface area contributed by atoms with Crippen molar-refractivity contribution < 1.29 is 0 Å². The lowest BCUT2D eigenvalue weighted by molar-refractivity contribution is 0.515. The Balaban J connectivity index is 1.96. The summed E-state index contributed by atoms with van der Waals surface area (Å²) < 4.78 is 0. The average molecular weight is 215 g/mol. The zero-order valence-corrected chi connectivity index (χ0v) is 9.48. The molecule has 1 atom stereocenters. The highest BCUT2D eigenvalue weighted by molar-refractivity contribution is 5.18. The van der Waals surface area contributed by atoms with E-state index in [-0.39, 0.29) is 0 Å². The molecular formula is C13H17N3. The van der Waals surface area contributed by atoms with Crippen molar-refractivity contribution in [3.05, 3.63) is 54.1 Å².